The van der Waals surface area contributed by atoms with Gasteiger partial charge >= 0.3 is 0 Å². The highest BCUT2D eigenvalue weighted by molar-refractivity contribution is 5.94. The summed E-state index contributed by atoms with van der Waals surface area (Å²) in [4.78, 5) is 29.3. The number of anilines is 1. The van der Waals surface area contributed by atoms with Gasteiger partial charge < -0.3 is 9.80 Å². The zero-order valence-corrected chi connectivity index (χ0v) is 15.0. The van der Waals surface area contributed by atoms with Crippen LogP contribution in [0.25, 0.3) is 5.69 Å². The molecule has 2 aromatic carbocycles. The highest BCUT2D eigenvalue weighted by Gasteiger charge is 2.22. The number of aromatic nitrogens is 1. The Labute approximate surface area is 158 Å². The Bertz CT molecular complexity index is 975. The summed E-state index contributed by atoms with van der Waals surface area (Å²) in [6, 6.07) is 22.7. The second kappa shape index (κ2) is 7.50. The molecule has 4 rings (SSSR count). The average molecular weight is 359 g/mol. The number of benzene rings is 2. The minimum absolute atomic E-state index is 0.0348. The first-order valence-electron chi connectivity index (χ1n) is 9.10. The van der Waals surface area contributed by atoms with Crippen LogP contribution < -0.4 is 10.5 Å². The third kappa shape index (κ3) is 3.62. The van der Waals surface area contributed by atoms with E-state index < -0.39 is 0 Å². The standard InChI is InChI=1S/C22H21N3O2/c26-21-12-11-18(17-25(21)20-9-5-2-6-10-20)22(27)24-15-13-23(14-16-24)19-7-3-1-4-8-19/h1-12,17H,13-16H2. The maximum absolute atomic E-state index is 12.9. The van der Waals surface area contributed by atoms with Gasteiger partial charge in [0.25, 0.3) is 11.5 Å². The van der Waals surface area contributed by atoms with Crippen LogP contribution >= 0.6 is 0 Å². The van der Waals surface area contributed by atoms with Gasteiger partial charge in [-0.25, -0.2) is 0 Å². The SMILES string of the molecule is O=C(c1ccc(=O)n(-c2ccccc2)c1)N1CCN(c2ccccc2)CC1. The molecule has 1 aromatic heterocycles. The molecule has 0 bridgehead atoms. The molecule has 0 radical (unpaired) electrons. The van der Waals surface area contributed by atoms with Crippen molar-refractivity contribution in [1.29, 1.82) is 0 Å². The van der Waals surface area contributed by atoms with Crippen molar-refractivity contribution in [3.63, 3.8) is 0 Å². The second-order valence-electron chi connectivity index (χ2n) is 6.58. The molecule has 0 aliphatic carbocycles. The first kappa shape index (κ1) is 17.1. The summed E-state index contributed by atoms with van der Waals surface area (Å²) in [5.41, 5.74) is 2.33. The molecular weight excluding hydrogens is 338 g/mol. The molecule has 1 aliphatic heterocycles. The number of hydrogen-bond acceptors (Lipinski definition) is 3. The Hall–Kier alpha value is -3.34. The van der Waals surface area contributed by atoms with Gasteiger partial charge in [0.15, 0.2) is 0 Å². The third-order valence-electron chi connectivity index (χ3n) is 4.88. The van der Waals surface area contributed by atoms with Crippen LogP contribution in [0.2, 0.25) is 0 Å². The summed E-state index contributed by atoms with van der Waals surface area (Å²) in [6.45, 7) is 2.93. The summed E-state index contributed by atoms with van der Waals surface area (Å²) >= 11 is 0. The molecule has 2 heterocycles. The van der Waals surface area contributed by atoms with Crippen molar-refractivity contribution in [1.82, 2.24) is 9.47 Å². The summed E-state index contributed by atoms with van der Waals surface area (Å²) in [5.74, 6) is -0.0348. The molecule has 0 spiro atoms. The summed E-state index contributed by atoms with van der Waals surface area (Å²) in [7, 11) is 0. The van der Waals surface area contributed by atoms with Crippen molar-refractivity contribution in [2.24, 2.45) is 0 Å². The van der Waals surface area contributed by atoms with Gasteiger partial charge in [0.05, 0.1) is 5.56 Å². The van der Waals surface area contributed by atoms with Gasteiger partial charge in [-0.15, -0.1) is 0 Å². The Morgan fingerprint density at radius 1 is 0.704 bits per heavy atom. The fraction of sp³-hybridized carbons (Fsp3) is 0.182. The van der Waals surface area contributed by atoms with E-state index in [1.54, 1.807) is 12.3 Å². The van der Waals surface area contributed by atoms with Gasteiger partial charge in [-0.1, -0.05) is 36.4 Å². The molecule has 0 atom stereocenters. The van der Waals surface area contributed by atoms with Gasteiger partial charge in [0.1, 0.15) is 0 Å². The monoisotopic (exact) mass is 359 g/mol. The lowest BCUT2D eigenvalue weighted by atomic mass is 10.2. The lowest BCUT2D eigenvalue weighted by molar-refractivity contribution is 0.0746. The summed E-state index contributed by atoms with van der Waals surface area (Å²) in [6.07, 6.45) is 1.64. The van der Waals surface area contributed by atoms with Gasteiger partial charge in [0, 0.05) is 49.8 Å². The fourth-order valence-electron chi connectivity index (χ4n) is 3.39. The molecule has 3 aromatic rings. The number of pyridine rings is 1. The summed E-state index contributed by atoms with van der Waals surface area (Å²) in [5, 5.41) is 0. The van der Waals surface area contributed by atoms with Crippen LogP contribution in [0.5, 0.6) is 0 Å². The fourth-order valence-corrected chi connectivity index (χ4v) is 3.39. The van der Waals surface area contributed by atoms with E-state index in [1.165, 1.54) is 16.3 Å². The zero-order chi connectivity index (χ0) is 18.6. The number of para-hydroxylation sites is 2. The number of piperazine rings is 1. The van der Waals surface area contributed by atoms with Crippen molar-refractivity contribution in [3.05, 3.63) is 94.9 Å². The van der Waals surface area contributed by atoms with Crippen molar-refractivity contribution in [2.45, 2.75) is 0 Å². The van der Waals surface area contributed by atoms with Crippen LogP contribution in [0.3, 0.4) is 0 Å². The molecule has 1 amide bonds. The van der Waals surface area contributed by atoms with Crippen LogP contribution in [0.4, 0.5) is 5.69 Å². The van der Waals surface area contributed by atoms with Crippen LogP contribution in [0, 0.1) is 0 Å². The number of carbonyl (C=O) groups is 1. The average Bonchev–Trinajstić information content (AvgIpc) is 2.75. The normalized spacial score (nSPS) is 14.2. The van der Waals surface area contributed by atoms with Crippen LogP contribution in [0.15, 0.2) is 83.8 Å². The first-order chi connectivity index (χ1) is 13.2. The Balaban J connectivity index is 1.50. The second-order valence-corrected chi connectivity index (χ2v) is 6.58. The number of hydrogen-bond donors (Lipinski definition) is 0. The van der Waals surface area contributed by atoms with Crippen LogP contribution in [-0.4, -0.2) is 41.6 Å². The van der Waals surface area contributed by atoms with E-state index in [-0.39, 0.29) is 11.5 Å². The molecule has 27 heavy (non-hydrogen) atoms. The van der Waals surface area contributed by atoms with Crippen LogP contribution in [0.1, 0.15) is 10.4 Å². The minimum Gasteiger partial charge on any atom is -0.368 e. The van der Waals surface area contributed by atoms with E-state index in [9.17, 15) is 9.59 Å². The number of rotatable bonds is 3. The van der Waals surface area contributed by atoms with Gasteiger partial charge in [-0.3, -0.25) is 14.2 Å². The molecule has 5 heteroatoms. The molecule has 0 saturated carbocycles. The number of amides is 1. The topological polar surface area (TPSA) is 45.6 Å². The quantitative estimate of drug-likeness (QED) is 0.722. The number of carbonyl (C=O) groups excluding carboxylic acids is 1. The first-order valence-corrected chi connectivity index (χ1v) is 9.10. The van der Waals surface area contributed by atoms with Crippen molar-refractivity contribution in [2.75, 3.05) is 31.1 Å². The van der Waals surface area contributed by atoms with Crippen molar-refractivity contribution < 1.29 is 4.79 Å². The lowest BCUT2D eigenvalue weighted by Gasteiger charge is -2.36. The Morgan fingerprint density at radius 3 is 1.93 bits per heavy atom. The van der Waals surface area contributed by atoms with Crippen LogP contribution in [-0.2, 0) is 0 Å². The maximum Gasteiger partial charge on any atom is 0.255 e. The molecule has 0 unspecified atom stereocenters. The van der Waals surface area contributed by atoms with Gasteiger partial charge in [-0.2, -0.15) is 0 Å². The predicted molar refractivity (Wildman–Crippen MR) is 107 cm³/mol. The van der Waals surface area contributed by atoms with E-state index in [1.807, 2.05) is 53.4 Å². The van der Waals surface area contributed by atoms with Gasteiger partial charge in [0.2, 0.25) is 0 Å². The highest BCUT2D eigenvalue weighted by atomic mass is 16.2. The molecule has 136 valence electrons. The molecule has 1 fully saturated rings. The summed E-state index contributed by atoms with van der Waals surface area (Å²) < 4.78 is 1.52. The Kier molecular flexibility index (Phi) is 4.75. The molecule has 1 aliphatic rings. The molecule has 0 N–H and O–H groups in total. The largest absolute Gasteiger partial charge is 0.368 e. The van der Waals surface area contributed by atoms with Gasteiger partial charge in [-0.05, 0) is 30.3 Å². The number of nitrogens with zero attached hydrogens (tertiary/aromatic N) is 3. The molecule has 1 saturated heterocycles. The maximum atomic E-state index is 12.9. The van der Waals surface area contributed by atoms with Crippen molar-refractivity contribution >= 4 is 11.6 Å². The van der Waals surface area contributed by atoms with E-state index in [0.29, 0.717) is 18.7 Å². The molecule has 5 nitrogen and oxygen atoms in total. The zero-order valence-electron chi connectivity index (χ0n) is 15.0. The van der Waals surface area contributed by atoms with E-state index in [0.717, 1.165) is 18.8 Å². The van der Waals surface area contributed by atoms with Crippen molar-refractivity contribution in [3.8, 4) is 5.69 Å². The highest BCUT2D eigenvalue weighted by Crippen LogP contribution is 2.17. The smallest absolute Gasteiger partial charge is 0.255 e. The van der Waals surface area contributed by atoms with E-state index >= 15 is 0 Å². The predicted octanol–water partition coefficient (Wildman–Crippen LogP) is 2.80. The minimum atomic E-state index is -0.147. The van der Waals surface area contributed by atoms with E-state index in [4.69, 9.17) is 0 Å². The third-order valence-corrected chi connectivity index (χ3v) is 4.88. The lowest BCUT2D eigenvalue weighted by Crippen LogP contribution is -2.49. The Morgan fingerprint density at radius 2 is 1.30 bits per heavy atom. The van der Waals surface area contributed by atoms with E-state index in [2.05, 4.69) is 17.0 Å². The molecular formula is C22H21N3O2.